The summed E-state index contributed by atoms with van der Waals surface area (Å²) in [6, 6.07) is 6.79. The lowest BCUT2D eigenvalue weighted by Crippen LogP contribution is -2.31. The van der Waals surface area contributed by atoms with Gasteiger partial charge in [-0.3, -0.25) is 4.79 Å². The maximum Gasteiger partial charge on any atom is 0.261 e. The second-order valence-electron chi connectivity index (χ2n) is 7.32. The van der Waals surface area contributed by atoms with Crippen molar-refractivity contribution in [3.8, 4) is 11.1 Å². The molecule has 0 fully saturated rings. The fourth-order valence-electron chi connectivity index (χ4n) is 3.07. The van der Waals surface area contributed by atoms with Gasteiger partial charge in [0.15, 0.2) is 12.4 Å². The van der Waals surface area contributed by atoms with Gasteiger partial charge >= 0.3 is 0 Å². The van der Waals surface area contributed by atoms with Crippen LogP contribution in [0.3, 0.4) is 0 Å². The summed E-state index contributed by atoms with van der Waals surface area (Å²) in [4.78, 5) is 24.8. The lowest BCUT2D eigenvalue weighted by Gasteiger charge is -2.28. The Labute approximate surface area is 168 Å². The summed E-state index contributed by atoms with van der Waals surface area (Å²) >= 11 is 6.00. The Morgan fingerprint density at radius 3 is 2.29 bits per heavy atom. The molecule has 0 spiro atoms. The van der Waals surface area contributed by atoms with Gasteiger partial charge in [-0.1, -0.05) is 43.0 Å². The lowest BCUT2D eigenvalue weighted by molar-refractivity contribution is -0.129. The molecule has 0 bridgehead atoms. The number of hydrogen-bond acceptors (Lipinski definition) is 3. The molecule has 6 heteroatoms. The van der Waals surface area contributed by atoms with Crippen LogP contribution in [0, 0.1) is 0 Å². The monoisotopic (exact) mass is 403 g/mol. The fraction of sp³-hybridized carbons (Fsp3) is 0.273. The molecular formula is C22H23ClFNO3. The highest BCUT2D eigenvalue weighted by Crippen LogP contribution is 2.37. The largest absolute Gasteiger partial charge is 0.359 e. The Balaban J connectivity index is 3.01. The number of pyridine rings is 1. The Morgan fingerprint density at radius 1 is 1.29 bits per heavy atom. The molecule has 148 valence electrons. The van der Waals surface area contributed by atoms with E-state index in [-0.39, 0.29) is 11.1 Å². The van der Waals surface area contributed by atoms with Gasteiger partial charge in [-0.05, 0) is 44.0 Å². The summed E-state index contributed by atoms with van der Waals surface area (Å²) < 4.78 is 21.3. The minimum absolute atomic E-state index is 0.202. The third-order valence-electron chi connectivity index (χ3n) is 4.16. The summed E-state index contributed by atoms with van der Waals surface area (Å²) in [6.45, 7) is 12.4. The van der Waals surface area contributed by atoms with Crippen molar-refractivity contribution in [3.05, 3.63) is 69.6 Å². The van der Waals surface area contributed by atoms with Crippen molar-refractivity contribution in [1.82, 2.24) is 4.57 Å². The number of rotatable bonds is 6. The summed E-state index contributed by atoms with van der Waals surface area (Å²) in [6.07, 6.45) is 0.952. The maximum atomic E-state index is 14.2. The Morgan fingerprint density at radius 2 is 1.86 bits per heavy atom. The minimum Gasteiger partial charge on any atom is -0.359 e. The first-order valence-corrected chi connectivity index (χ1v) is 9.02. The highest BCUT2D eigenvalue weighted by molar-refractivity contribution is 6.30. The zero-order valence-electron chi connectivity index (χ0n) is 16.4. The third-order valence-corrected chi connectivity index (χ3v) is 4.41. The van der Waals surface area contributed by atoms with Crippen molar-refractivity contribution in [3.63, 3.8) is 0 Å². The number of aromatic nitrogens is 1. The Hall–Kier alpha value is -2.50. The van der Waals surface area contributed by atoms with E-state index in [0.717, 1.165) is 0 Å². The summed E-state index contributed by atoms with van der Waals surface area (Å²) in [7, 11) is 1.47. The quantitative estimate of drug-likeness (QED) is 0.611. The van der Waals surface area contributed by atoms with Crippen LogP contribution in [-0.4, -0.2) is 16.5 Å². The average molecular weight is 404 g/mol. The number of carbonyl (C=O) groups is 1. The van der Waals surface area contributed by atoms with Gasteiger partial charge in [0.25, 0.3) is 5.56 Å². The van der Waals surface area contributed by atoms with Crippen molar-refractivity contribution in [2.75, 3.05) is 0 Å². The highest BCUT2D eigenvalue weighted by Gasteiger charge is 2.29. The molecule has 0 aliphatic carbocycles. The maximum absolute atomic E-state index is 14.2. The number of halogens is 2. The molecule has 1 aromatic heterocycles. The molecule has 0 aliphatic heterocycles. The molecule has 0 saturated carbocycles. The number of nitrogens with zero attached hydrogens (tertiary/aromatic N) is 1. The first-order valence-electron chi connectivity index (χ1n) is 8.65. The SMILES string of the molecule is C=Cc1c(-c2ccc(Cl)cc2)c(C(C=O)OC(C)(C)C)n(C)c(=O)c1C(=C)F. The van der Waals surface area contributed by atoms with E-state index in [9.17, 15) is 14.0 Å². The van der Waals surface area contributed by atoms with Gasteiger partial charge in [0.1, 0.15) is 5.83 Å². The van der Waals surface area contributed by atoms with Crippen molar-refractivity contribution in [2.24, 2.45) is 7.05 Å². The van der Waals surface area contributed by atoms with E-state index in [4.69, 9.17) is 16.3 Å². The van der Waals surface area contributed by atoms with E-state index in [2.05, 4.69) is 13.2 Å². The van der Waals surface area contributed by atoms with E-state index in [1.807, 2.05) is 0 Å². The van der Waals surface area contributed by atoms with Gasteiger partial charge in [0.2, 0.25) is 0 Å². The Kier molecular flexibility index (Phi) is 6.42. The van der Waals surface area contributed by atoms with Crippen LogP contribution in [0.1, 0.15) is 43.7 Å². The number of hydrogen-bond donors (Lipinski definition) is 0. The summed E-state index contributed by atoms with van der Waals surface area (Å²) in [5.74, 6) is -0.878. The summed E-state index contributed by atoms with van der Waals surface area (Å²) in [5, 5.41) is 0.517. The van der Waals surface area contributed by atoms with Crippen molar-refractivity contribution in [1.29, 1.82) is 0 Å². The lowest BCUT2D eigenvalue weighted by atomic mass is 9.91. The molecule has 0 saturated heterocycles. The van der Waals surface area contributed by atoms with Crippen LogP contribution >= 0.6 is 11.6 Å². The van der Waals surface area contributed by atoms with Crippen molar-refractivity contribution < 1.29 is 13.9 Å². The topological polar surface area (TPSA) is 48.3 Å². The molecule has 0 radical (unpaired) electrons. The highest BCUT2D eigenvalue weighted by atomic mass is 35.5. The molecule has 2 rings (SSSR count). The average Bonchev–Trinajstić information content (AvgIpc) is 2.61. The third kappa shape index (κ3) is 4.32. The number of aldehydes is 1. The van der Waals surface area contributed by atoms with Gasteiger partial charge in [-0.25, -0.2) is 4.39 Å². The Bertz CT molecular complexity index is 985. The number of carbonyl (C=O) groups excluding carboxylic acids is 1. The fourth-order valence-corrected chi connectivity index (χ4v) is 3.20. The smallest absolute Gasteiger partial charge is 0.261 e. The van der Waals surface area contributed by atoms with E-state index in [1.165, 1.54) is 17.7 Å². The molecule has 0 N–H and O–H groups in total. The van der Waals surface area contributed by atoms with Gasteiger partial charge in [0.05, 0.1) is 16.9 Å². The normalized spacial score (nSPS) is 12.5. The minimum atomic E-state index is -1.05. The first-order chi connectivity index (χ1) is 13.0. The van der Waals surface area contributed by atoms with Crippen LogP contribution in [0.15, 0.2) is 42.2 Å². The van der Waals surface area contributed by atoms with E-state index >= 15 is 0 Å². The van der Waals surface area contributed by atoms with E-state index in [0.29, 0.717) is 28.1 Å². The van der Waals surface area contributed by atoms with Crippen molar-refractivity contribution in [2.45, 2.75) is 32.5 Å². The predicted octanol–water partition coefficient (Wildman–Crippen LogP) is 5.34. The second-order valence-corrected chi connectivity index (χ2v) is 7.75. The van der Waals surface area contributed by atoms with Crippen LogP contribution in [0.5, 0.6) is 0 Å². The molecule has 2 aromatic rings. The van der Waals surface area contributed by atoms with Crippen LogP contribution in [0.2, 0.25) is 5.02 Å². The van der Waals surface area contributed by atoms with E-state index in [1.54, 1.807) is 45.0 Å². The van der Waals surface area contributed by atoms with Crippen LogP contribution in [-0.2, 0) is 16.6 Å². The summed E-state index contributed by atoms with van der Waals surface area (Å²) in [5.41, 5.74) is 0.163. The second kappa shape index (κ2) is 8.25. The van der Waals surface area contributed by atoms with Gasteiger partial charge < -0.3 is 14.1 Å². The van der Waals surface area contributed by atoms with Crippen LogP contribution in [0.4, 0.5) is 4.39 Å². The molecule has 0 aliphatic rings. The number of benzene rings is 1. The van der Waals surface area contributed by atoms with Crippen molar-refractivity contribution >= 4 is 29.8 Å². The standard InChI is InChI=1S/C22H23ClFNO3/c1-7-16-18(13(2)24)21(27)25(6)20(17(12-26)28-22(3,4)5)19(16)14-8-10-15(23)11-9-14/h7-12,17H,1-2H2,3-6H3. The van der Waals surface area contributed by atoms with E-state index < -0.39 is 23.1 Å². The zero-order chi connectivity index (χ0) is 21.2. The molecule has 28 heavy (non-hydrogen) atoms. The molecule has 1 aromatic carbocycles. The van der Waals surface area contributed by atoms with Gasteiger partial charge in [-0.15, -0.1) is 0 Å². The van der Waals surface area contributed by atoms with Crippen LogP contribution in [0.25, 0.3) is 23.0 Å². The predicted molar refractivity (Wildman–Crippen MR) is 112 cm³/mol. The van der Waals surface area contributed by atoms with Gasteiger partial charge in [0, 0.05) is 17.6 Å². The zero-order valence-corrected chi connectivity index (χ0v) is 17.1. The van der Waals surface area contributed by atoms with Crippen LogP contribution < -0.4 is 5.56 Å². The van der Waals surface area contributed by atoms with Gasteiger partial charge in [-0.2, -0.15) is 0 Å². The molecule has 0 amide bonds. The molecule has 1 unspecified atom stereocenters. The molecular weight excluding hydrogens is 381 g/mol. The molecule has 1 atom stereocenters. The molecule has 4 nitrogen and oxygen atoms in total. The first kappa shape index (κ1) is 21.8. The molecule has 1 heterocycles. The number of ether oxygens (including phenoxy) is 1.